The highest BCUT2D eigenvalue weighted by Gasteiger charge is 2.22. The fraction of sp³-hybridized carbons (Fsp3) is 0.318. The molecule has 2 aromatic carbocycles. The first-order valence-corrected chi connectivity index (χ1v) is 9.87. The van der Waals surface area contributed by atoms with Crippen LogP contribution in [-0.2, 0) is 19.8 Å². The number of nitrogens with one attached hydrogen (secondary N) is 1. The predicted molar refractivity (Wildman–Crippen MR) is 113 cm³/mol. The molecule has 0 saturated heterocycles. The normalized spacial score (nSPS) is 13.1. The zero-order chi connectivity index (χ0) is 21.1. The summed E-state index contributed by atoms with van der Waals surface area (Å²) in [6.45, 7) is 5.33. The average Bonchev–Trinajstić information content (AvgIpc) is 3.16. The first-order chi connectivity index (χ1) is 14.6. The van der Waals surface area contributed by atoms with E-state index in [1.165, 1.54) is 0 Å². The molecule has 0 amide bonds. The van der Waals surface area contributed by atoms with Crippen molar-refractivity contribution in [2.45, 2.75) is 39.7 Å². The van der Waals surface area contributed by atoms with Gasteiger partial charge < -0.3 is 15.0 Å². The minimum Gasteiger partial charge on any atom is -0.491 e. The van der Waals surface area contributed by atoms with Gasteiger partial charge in [0.2, 0.25) is 5.95 Å². The number of nitrogens with zero attached hydrogens (tertiary/aromatic N) is 5. The lowest BCUT2D eigenvalue weighted by Gasteiger charge is -2.30. The Morgan fingerprint density at radius 2 is 1.97 bits per heavy atom. The van der Waals surface area contributed by atoms with Gasteiger partial charge in [0.15, 0.2) is 5.82 Å². The van der Waals surface area contributed by atoms with E-state index in [4.69, 9.17) is 10.00 Å². The van der Waals surface area contributed by atoms with Crippen molar-refractivity contribution in [2.24, 2.45) is 0 Å². The first kappa shape index (κ1) is 19.7. The van der Waals surface area contributed by atoms with Crippen LogP contribution < -0.4 is 15.0 Å². The minimum atomic E-state index is -0.657. The lowest BCUT2D eigenvalue weighted by atomic mass is 10.1. The van der Waals surface area contributed by atoms with Crippen molar-refractivity contribution in [2.75, 3.05) is 16.8 Å². The summed E-state index contributed by atoms with van der Waals surface area (Å²) in [6.07, 6.45) is 0.132. The molecule has 0 bridgehead atoms. The van der Waals surface area contributed by atoms with E-state index in [-0.39, 0.29) is 6.10 Å². The molecule has 1 aromatic heterocycles. The number of rotatable bonds is 6. The molecule has 1 aliphatic heterocycles. The Morgan fingerprint density at radius 3 is 2.67 bits per heavy atom. The van der Waals surface area contributed by atoms with Crippen molar-refractivity contribution in [3.05, 3.63) is 59.4 Å². The molecule has 7 nitrogen and oxygen atoms in total. The third kappa shape index (κ3) is 4.06. The van der Waals surface area contributed by atoms with Crippen LogP contribution in [0.15, 0.2) is 42.5 Å². The molecule has 0 atom stereocenters. The highest BCUT2D eigenvalue weighted by atomic mass is 19.1. The number of fused-ring (bicyclic) bond motifs is 1. The molecule has 154 valence electrons. The third-order valence-corrected chi connectivity index (χ3v) is 4.95. The second kappa shape index (κ2) is 8.41. The summed E-state index contributed by atoms with van der Waals surface area (Å²) in [5.41, 5.74) is 2.57. The van der Waals surface area contributed by atoms with E-state index in [1.807, 2.05) is 50.2 Å². The highest BCUT2D eigenvalue weighted by Crippen LogP contribution is 2.26. The number of nitriles is 1. The number of anilines is 3. The van der Waals surface area contributed by atoms with Gasteiger partial charge in [0.1, 0.15) is 12.4 Å². The first-order valence-electron chi connectivity index (χ1n) is 9.87. The Morgan fingerprint density at radius 1 is 1.17 bits per heavy atom. The quantitative estimate of drug-likeness (QED) is 0.662. The number of ether oxygens (including phenoxy) is 1. The van der Waals surface area contributed by atoms with Gasteiger partial charge in [0.05, 0.1) is 24.3 Å². The van der Waals surface area contributed by atoms with E-state index in [9.17, 15) is 4.39 Å². The van der Waals surface area contributed by atoms with Gasteiger partial charge in [-0.1, -0.05) is 0 Å². The third-order valence-electron chi connectivity index (χ3n) is 4.95. The van der Waals surface area contributed by atoms with E-state index in [0.29, 0.717) is 30.2 Å². The lowest BCUT2D eigenvalue weighted by molar-refractivity contribution is 0.242. The van der Waals surface area contributed by atoms with Gasteiger partial charge in [-0.2, -0.15) is 5.26 Å². The molecule has 1 aliphatic rings. The highest BCUT2D eigenvalue weighted by molar-refractivity contribution is 5.56. The molecule has 4 rings (SSSR count). The van der Waals surface area contributed by atoms with Crippen LogP contribution in [-0.4, -0.2) is 27.4 Å². The molecule has 0 spiro atoms. The summed E-state index contributed by atoms with van der Waals surface area (Å²) in [6, 6.07) is 15.0. The van der Waals surface area contributed by atoms with E-state index in [0.717, 1.165) is 29.5 Å². The van der Waals surface area contributed by atoms with Crippen LogP contribution >= 0.6 is 0 Å². The van der Waals surface area contributed by atoms with Crippen LogP contribution in [0.25, 0.3) is 0 Å². The smallest absolute Gasteiger partial charge is 0.229 e. The maximum Gasteiger partial charge on any atom is 0.229 e. The predicted octanol–water partition coefficient (Wildman–Crippen LogP) is 4.17. The zero-order valence-corrected chi connectivity index (χ0v) is 17.0. The molecule has 3 aromatic rings. The standard InChI is InChI=1S/C22H23FN6O/c1-15(2)30-20-7-4-18(5-8-20)25-22-27-26-21-14-28(9-10-29(21)22)19-6-3-16(13-24)17(11-19)12-23/h3-8,11,15H,9-10,12,14H2,1-2H3,(H,25,27). The molecular formula is C22H23FN6O. The van der Waals surface area contributed by atoms with Crippen LogP contribution in [0.5, 0.6) is 5.75 Å². The van der Waals surface area contributed by atoms with Crippen LogP contribution in [0.1, 0.15) is 30.8 Å². The Balaban J connectivity index is 1.48. The Kier molecular flexibility index (Phi) is 5.53. The van der Waals surface area contributed by atoms with Crippen molar-refractivity contribution < 1.29 is 9.13 Å². The summed E-state index contributed by atoms with van der Waals surface area (Å²) in [5, 5.41) is 21.0. The molecule has 1 N–H and O–H groups in total. The van der Waals surface area contributed by atoms with Crippen molar-refractivity contribution in [3.63, 3.8) is 0 Å². The van der Waals surface area contributed by atoms with E-state index >= 15 is 0 Å². The van der Waals surface area contributed by atoms with Gasteiger partial charge >= 0.3 is 0 Å². The average molecular weight is 406 g/mol. The Hall–Kier alpha value is -3.60. The maximum absolute atomic E-state index is 13.2. The second-order valence-electron chi connectivity index (χ2n) is 7.42. The minimum absolute atomic E-state index is 0.132. The number of alkyl halides is 1. The number of aromatic nitrogens is 3. The van der Waals surface area contributed by atoms with Crippen LogP contribution in [0, 0.1) is 11.3 Å². The van der Waals surface area contributed by atoms with Gasteiger partial charge in [-0.05, 0) is 56.3 Å². The van der Waals surface area contributed by atoms with Gasteiger partial charge in [-0.25, -0.2) is 4.39 Å². The molecule has 0 radical (unpaired) electrons. The van der Waals surface area contributed by atoms with Crippen molar-refractivity contribution in [1.29, 1.82) is 5.26 Å². The fourth-order valence-electron chi connectivity index (χ4n) is 3.49. The molecule has 0 aliphatic carbocycles. The van der Waals surface area contributed by atoms with E-state index in [2.05, 4.69) is 25.0 Å². The van der Waals surface area contributed by atoms with E-state index in [1.54, 1.807) is 12.1 Å². The van der Waals surface area contributed by atoms with Gasteiger partial charge in [-0.15, -0.1) is 10.2 Å². The second-order valence-corrected chi connectivity index (χ2v) is 7.42. The van der Waals surface area contributed by atoms with Gasteiger partial charge in [0, 0.05) is 30.0 Å². The lowest BCUT2D eigenvalue weighted by Crippen LogP contribution is -2.34. The number of halogens is 1. The topological polar surface area (TPSA) is 79.0 Å². The van der Waals surface area contributed by atoms with Crippen molar-refractivity contribution >= 4 is 17.3 Å². The summed E-state index contributed by atoms with van der Waals surface area (Å²) in [7, 11) is 0. The number of hydrogen-bond donors (Lipinski definition) is 1. The van der Waals surface area contributed by atoms with Crippen LogP contribution in [0.3, 0.4) is 0 Å². The van der Waals surface area contributed by atoms with Crippen LogP contribution in [0.2, 0.25) is 0 Å². The number of hydrogen-bond acceptors (Lipinski definition) is 6. The van der Waals surface area contributed by atoms with Gasteiger partial charge in [-0.3, -0.25) is 4.57 Å². The largest absolute Gasteiger partial charge is 0.491 e. The fourth-order valence-corrected chi connectivity index (χ4v) is 3.49. The molecule has 0 unspecified atom stereocenters. The Bertz CT molecular complexity index is 1070. The van der Waals surface area contributed by atoms with Gasteiger partial charge in [0.25, 0.3) is 0 Å². The van der Waals surface area contributed by atoms with Crippen molar-refractivity contribution in [1.82, 2.24) is 14.8 Å². The molecular weight excluding hydrogens is 383 g/mol. The zero-order valence-electron chi connectivity index (χ0n) is 17.0. The summed E-state index contributed by atoms with van der Waals surface area (Å²) >= 11 is 0. The summed E-state index contributed by atoms with van der Waals surface area (Å²) in [5.74, 6) is 2.34. The monoisotopic (exact) mass is 406 g/mol. The van der Waals surface area contributed by atoms with E-state index < -0.39 is 6.67 Å². The molecule has 8 heteroatoms. The Labute approximate surface area is 174 Å². The molecule has 0 fully saturated rings. The maximum atomic E-state index is 13.2. The molecule has 30 heavy (non-hydrogen) atoms. The molecule has 2 heterocycles. The number of benzene rings is 2. The summed E-state index contributed by atoms with van der Waals surface area (Å²) in [4.78, 5) is 2.12. The summed E-state index contributed by atoms with van der Waals surface area (Å²) < 4.78 is 21.0. The SMILES string of the molecule is CC(C)Oc1ccc(Nc2nnc3n2CCN(c2ccc(C#N)c(CF)c2)C3)cc1. The van der Waals surface area contributed by atoms with Crippen LogP contribution in [0.4, 0.5) is 21.7 Å². The molecule has 0 saturated carbocycles. The van der Waals surface area contributed by atoms with Crippen molar-refractivity contribution in [3.8, 4) is 11.8 Å².